The smallest absolute Gasteiger partial charge is 0.0383 e. The molecule has 484 valence electrons. The Morgan fingerprint density at radius 1 is 0.247 bits per heavy atom. The number of rotatable bonds is 19. The fourth-order valence-corrected chi connectivity index (χ4v) is 16.9. The molecule has 9 fully saturated rings. The lowest BCUT2D eigenvalue weighted by Crippen LogP contribution is -2.12. The van der Waals surface area contributed by atoms with Crippen LogP contribution in [0.5, 0.6) is 0 Å². The van der Waals surface area contributed by atoms with Gasteiger partial charge in [-0.1, -0.05) is 361 Å². The van der Waals surface area contributed by atoms with E-state index in [-0.39, 0.29) is 0 Å². The van der Waals surface area contributed by atoms with Crippen LogP contribution in [0.15, 0.2) is 0 Å². The normalized spacial score (nSPS) is 24.2. The molecule has 0 N–H and O–H groups in total. The van der Waals surface area contributed by atoms with Crippen molar-refractivity contribution in [2.45, 2.75) is 413 Å². The molecule has 9 rings (SSSR count). The minimum absolute atomic E-state index is 0.911. The molecule has 0 aromatic heterocycles. The summed E-state index contributed by atoms with van der Waals surface area (Å²) in [7, 11) is 0. The molecule has 3 unspecified atom stereocenters. The summed E-state index contributed by atoms with van der Waals surface area (Å²) in [5, 5.41) is 0. The third kappa shape index (κ3) is 43.3. The van der Waals surface area contributed by atoms with Gasteiger partial charge in [0, 0.05) is 0 Å². The molecule has 0 aliphatic heterocycles. The second kappa shape index (κ2) is 48.9. The van der Waals surface area contributed by atoms with Gasteiger partial charge in [-0.3, -0.25) is 0 Å². The summed E-state index contributed by atoms with van der Waals surface area (Å²) in [6, 6.07) is 0. The molecule has 0 spiro atoms. The lowest BCUT2D eigenvalue weighted by atomic mass is 9.80. The molecule has 0 heterocycles. The Balaban J connectivity index is 0.000000318. The van der Waals surface area contributed by atoms with Crippen LogP contribution in [0.4, 0.5) is 0 Å². The van der Waals surface area contributed by atoms with E-state index in [0.717, 1.165) is 107 Å². The third-order valence-electron chi connectivity index (χ3n) is 22.0. The molecule has 81 heavy (non-hydrogen) atoms. The lowest BCUT2D eigenvalue weighted by molar-refractivity contribution is 0.264. The molecule has 9 saturated carbocycles. The first-order valence-electron chi connectivity index (χ1n) is 38.8. The van der Waals surface area contributed by atoms with Gasteiger partial charge in [0.15, 0.2) is 0 Å². The minimum Gasteiger partial charge on any atom is -0.0628 e. The number of fused-ring (bicyclic) bond motifs is 2. The summed E-state index contributed by atoms with van der Waals surface area (Å²) in [5.74, 6) is 18.4. The van der Waals surface area contributed by atoms with Crippen LogP contribution in [0, 0.1) is 107 Å². The van der Waals surface area contributed by atoms with Gasteiger partial charge in [-0.05, 0) is 158 Å². The quantitative estimate of drug-likeness (QED) is 0.113. The molecule has 0 amide bonds. The van der Waals surface area contributed by atoms with Crippen molar-refractivity contribution >= 4 is 0 Å². The molecule has 0 nitrogen and oxygen atoms in total. The molecule has 0 saturated heterocycles. The predicted molar refractivity (Wildman–Crippen MR) is 371 cm³/mol. The van der Waals surface area contributed by atoms with E-state index in [1.54, 1.807) is 25.7 Å². The third-order valence-corrected chi connectivity index (χ3v) is 22.0. The average Bonchev–Trinajstić information content (AvgIpc) is 4.27. The monoisotopic (exact) mass is 1130 g/mol. The van der Waals surface area contributed by atoms with Crippen LogP contribution in [0.2, 0.25) is 0 Å². The summed E-state index contributed by atoms with van der Waals surface area (Å²) in [6.45, 7) is 37.4. The van der Waals surface area contributed by atoms with Crippen LogP contribution in [-0.4, -0.2) is 0 Å². The number of hydrogen-bond donors (Lipinski definition) is 0. The van der Waals surface area contributed by atoms with E-state index in [1.165, 1.54) is 276 Å². The predicted octanol–water partition coefficient (Wildman–Crippen LogP) is 28.8. The first-order chi connectivity index (χ1) is 38.8. The zero-order valence-electron chi connectivity index (χ0n) is 59.6. The molecule has 0 aromatic rings. The molecule has 0 aromatic carbocycles. The van der Waals surface area contributed by atoms with Gasteiger partial charge in [-0.2, -0.15) is 0 Å². The Morgan fingerprint density at radius 2 is 0.556 bits per heavy atom. The highest BCUT2D eigenvalue weighted by molar-refractivity contribution is 4.90. The van der Waals surface area contributed by atoms with Gasteiger partial charge in [0.05, 0.1) is 0 Å². The highest BCUT2D eigenvalue weighted by atomic mass is 14.4. The van der Waals surface area contributed by atoms with Crippen molar-refractivity contribution < 1.29 is 0 Å². The first-order valence-corrected chi connectivity index (χ1v) is 38.8. The zero-order chi connectivity index (χ0) is 59.6. The second-order valence-electron chi connectivity index (χ2n) is 33.8. The summed E-state index contributed by atoms with van der Waals surface area (Å²) in [4.78, 5) is 0. The van der Waals surface area contributed by atoms with Crippen molar-refractivity contribution in [3.8, 4) is 0 Å². The summed E-state index contributed by atoms with van der Waals surface area (Å²) >= 11 is 0. The Hall–Kier alpha value is 0. The molecule has 9 aliphatic rings. The second-order valence-corrected chi connectivity index (χ2v) is 33.8. The largest absolute Gasteiger partial charge is 0.0628 e. The number of hydrogen-bond acceptors (Lipinski definition) is 0. The summed E-state index contributed by atoms with van der Waals surface area (Å²) in [6.07, 6.45) is 70.7. The summed E-state index contributed by atoms with van der Waals surface area (Å²) in [5.41, 5.74) is 0. The van der Waals surface area contributed by atoms with E-state index in [0.29, 0.717) is 0 Å². The summed E-state index contributed by atoms with van der Waals surface area (Å²) < 4.78 is 0. The van der Waals surface area contributed by atoms with Gasteiger partial charge in [0.25, 0.3) is 0 Å². The maximum absolute atomic E-state index is 2.35. The van der Waals surface area contributed by atoms with E-state index in [4.69, 9.17) is 0 Å². The Bertz CT molecular complexity index is 1290. The fourth-order valence-electron chi connectivity index (χ4n) is 16.9. The van der Waals surface area contributed by atoms with Crippen molar-refractivity contribution in [3.63, 3.8) is 0 Å². The molecule has 2 bridgehead atoms. The van der Waals surface area contributed by atoms with Gasteiger partial charge in [0.2, 0.25) is 0 Å². The first kappa shape index (κ1) is 77.1. The Labute approximate surface area is 516 Å². The molecule has 0 radical (unpaired) electrons. The zero-order valence-corrected chi connectivity index (χ0v) is 59.6. The minimum atomic E-state index is 0.911. The SMILES string of the molecule is CC(C)C1CCCC1.CC(C)CC1CCC1.CC(C)CC1CCCC1.CC(C)CC1CCCCC1.CC(C)CC1CCCCCC1.CC(C)CCC1CC2CCC1C2.CC(C)CCC1CCCCC1.CC(C)CCCC1CCCCC1. The van der Waals surface area contributed by atoms with E-state index in [2.05, 4.69) is 111 Å². The molecular weight excluding hydrogens is 973 g/mol. The van der Waals surface area contributed by atoms with Crippen molar-refractivity contribution in [2.24, 2.45) is 107 Å². The van der Waals surface area contributed by atoms with Crippen LogP contribution in [-0.2, 0) is 0 Å². The van der Waals surface area contributed by atoms with Gasteiger partial charge < -0.3 is 0 Å². The van der Waals surface area contributed by atoms with Gasteiger partial charge >= 0.3 is 0 Å². The standard InChI is InChI=1S/C12H22.C12H24.2C11H22.C10H20.C9H18.2C8H16/c1-9(2)3-5-11-7-10-4-6-12(11)8-10;1-11(2)7-6-10-12-8-4-3-5-9-12;1-10(2)8-9-11-6-4-3-5-7-11;1-10(2)9-11-7-5-3-4-6-8-11;1-9(2)8-10-6-4-3-5-7-10;1-8(2)7-9-5-3-4-6-9;1-7(2)6-8-4-3-5-8;1-7(2)8-5-3-4-6-8/h9-12H,3-8H2,1-2H3;11-12H,3-10H2,1-2H3;2*10-11H,3-9H2,1-2H3;9-10H,3-8H2,1-2H3;8-9H,3-7H2,1-2H3;2*7-8H,3-6H2,1-2H3. The highest BCUT2D eigenvalue weighted by Crippen LogP contribution is 2.50. The molecule has 3 atom stereocenters. The van der Waals surface area contributed by atoms with Crippen LogP contribution in [0.3, 0.4) is 0 Å². The van der Waals surface area contributed by atoms with Crippen molar-refractivity contribution in [1.29, 1.82) is 0 Å². The van der Waals surface area contributed by atoms with Crippen molar-refractivity contribution in [2.75, 3.05) is 0 Å². The van der Waals surface area contributed by atoms with Gasteiger partial charge in [-0.15, -0.1) is 0 Å². The Kier molecular flexibility index (Phi) is 46.6. The van der Waals surface area contributed by atoms with Crippen molar-refractivity contribution in [1.82, 2.24) is 0 Å². The van der Waals surface area contributed by atoms with Crippen LogP contribution in [0.1, 0.15) is 413 Å². The lowest BCUT2D eigenvalue weighted by Gasteiger charge is -2.26. The molecular formula is C81H160. The Morgan fingerprint density at radius 3 is 0.840 bits per heavy atom. The topological polar surface area (TPSA) is 0 Å². The average molecular weight is 1130 g/mol. The maximum Gasteiger partial charge on any atom is -0.0383 e. The van der Waals surface area contributed by atoms with Crippen LogP contribution >= 0.6 is 0 Å². The fraction of sp³-hybridized carbons (Fsp3) is 1.00. The molecule has 0 heteroatoms. The van der Waals surface area contributed by atoms with Crippen LogP contribution < -0.4 is 0 Å². The van der Waals surface area contributed by atoms with Gasteiger partial charge in [0.1, 0.15) is 0 Å². The van der Waals surface area contributed by atoms with E-state index in [1.807, 2.05) is 0 Å². The maximum atomic E-state index is 2.35. The van der Waals surface area contributed by atoms with E-state index < -0.39 is 0 Å². The van der Waals surface area contributed by atoms with Crippen molar-refractivity contribution in [3.05, 3.63) is 0 Å². The van der Waals surface area contributed by atoms with E-state index >= 15 is 0 Å². The van der Waals surface area contributed by atoms with Gasteiger partial charge in [-0.25, -0.2) is 0 Å². The molecule has 9 aliphatic carbocycles. The van der Waals surface area contributed by atoms with E-state index in [9.17, 15) is 0 Å². The highest BCUT2D eigenvalue weighted by Gasteiger charge is 2.38. The van der Waals surface area contributed by atoms with Crippen LogP contribution in [0.25, 0.3) is 0 Å².